The van der Waals surface area contributed by atoms with E-state index in [1.165, 1.54) is 11.8 Å². The highest BCUT2D eigenvalue weighted by molar-refractivity contribution is 8.16. The SMILES string of the molecule is CCCCC(=O)N=C1S[C@H]2CS(=O)(=O)C[C@@H]2N1c1cccc(C)c1C. The zero-order chi connectivity index (χ0) is 18.2. The lowest BCUT2D eigenvalue weighted by molar-refractivity contribution is -0.117. The summed E-state index contributed by atoms with van der Waals surface area (Å²) in [5, 5.41) is 0.599. The van der Waals surface area contributed by atoms with E-state index in [-0.39, 0.29) is 28.7 Å². The molecular formula is C18H24N2O3S2. The molecule has 2 saturated heterocycles. The van der Waals surface area contributed by atoms with Crippen molar-refractivity contribution in [1.82, 2.24) is 0 Å². The number of thioether (sulfide) groups is 1. The molecule has 0 bridgehead atoms. The molecular weight excluding hydrogens is 356 g/mol. The highest BCUT2D eigenvalue weighted by atomic mass is 32.2. The number of aliphatic imine (C=N–C) groups is 1. The fourth-order valence-corrected chi connectivity index (χ4v) is 7.26. The number of amidine groups is 1. The van der Waals surface area contributed by atoms with E-state index < -0.39 is 9.84 Å². The molecule has 0 aromatic heterocycles. The van der Waals surface area contributed by atoms with Crippen LogP contribution in [0.5, 0.6) is 0 Å². The Morgan fingerprint density at radius 1 is 1.32 bits per heavy atom. The minimum Gasteiger partial charge on any atom is -0.315 e. The van der Waals surface area contributed by atoms with E-state index in [1.807, 2.05) is 43.9 Å². The first kappa shape index (κ1) is 18.5. The van der Waals surface area contributed by atoms with Crippen LogP contribution in [0.3, 0.4) is 0 Å². The van der Waals surface area contributed by atoms with E-state index in [2.05, 4.69) is 4.99 Å². The Labute approximate surface area is 153 Å². The van der Waals surface area contributed by atoms with Crippen LogP contribution >= 0.6 is 11.8 Å². The van der Waals surface area contributed by atoms with Crippen molar-refractivity contribution < 1.29 is 13.2 Å². The minimum absolute atomic E-state index is 0.0531. The summed E-state index contributed by atoms with van der Waals surface area (Å²) in [5.41, 5.74) is 3.20. The molecule has 0 unspecified atom stereocenters. The van der Waals surface area contributed by atoms with Gasteiger partial charge in [-0.2, -0.15) is 4.99 Å². The maximum Gasteiger partial charge on any atom is 0.248 e. The van der Waals surface area contributed by atoms with Crippen LogP contribution in [-0.2, 0) is 14.6 Å². The highest BCUT2D eigenvalue weighted by Crippen LogP contribution is 2.42. The molecule has 5 nitrogen and oxygen atoms in total. The highest BCUT2D eigenvalue weighted by Gasteiger charge is 2.49. The molecule has 25 heavy (non-hydrogen) atoms. The van der Waals surface area contributed by atoms with Crippen LogP contribution < -0.4 is 4.90 Å². The molecule has 0 aliphatic carbocycles. The lowest BCUT2D eigenvalue weighted by Gasteiger charge is -2.26. The Morgan fingerprint density at radius 3 is 2.80 bits per heavy atom. The topological polar surface area (TPSA) is 66.8 Å². The Bertz CT molecular complexity index is 818. The van der Waals surface area contributed by atoms with E-state index >= 15 is 0 Å². The van der Waals surface area contributed by atoms with Gasteiger partial charge < -0.3 is 4.90 Å². The van der Waals surface area contributed by atoms with E-state index in [0.717, 1.165) is 29.7 Å². The number of benzene rings is 1. The zero-order valence-corrected chi connectivity index (χ0v) is 16.5. The zero-order valence-electron chi connectivity index (χ0n) is 14.9. The summed E-state index contributed by atoms with van der Waals surface area (Å²) in [5.74, 6) is 0.161. The monoisotopic (exact) mass is 380 g/mol. The van der Waals surface area contributed by atoms with E-state index in [9.17, 15) is 13.2 Å². The molecule has 7 heteroatoms. The van der Waals surface area contributed by atoms with Gasteiger partial charge in [0.05, 0.1) is 17.5 Å². The van der Waals surface area contributed by atoms with Gasteiger partial charge in [-0.1, -0.05) is 37.2 Å². The Hall–Kier alpha value is -1.34. The minimum atomic E-state index is -3.04. The van der Waals surface area contributed by atoms with Gasteiger partial charge in [0.25, 0.3) is 0 Å². The third-order valence-electron chi connectivity index (χ3n) is 4.87. The predicted octanol–water partition coefficient (Wildman–Crippen LogP) is 3.10. The summed E-state index contributed by atoms with van der Waals surface area (Å²) in [4.78, 5) is 18.5. The van der Waals surface area contributed by atoms with Crippen molar-refractivity contribution in [1.29, 1.82) is 0 Å². The normalized spacial score (nSPS) is 26.2. The molecule has 0 saturated carbocycles. The first-order valence-corrected chi connectivity index (χ1v) is 11.4. The van der Waals surface area contributed by atoms with Crippen molar-refractivity contribution >= 4 is 38.4 Å². The molecule has 136 valence electrons. The molecule has 1 amide bonds. The van der Waals surface area contributed by atoms with Crippen molar-refractivity contribution in [3.05, 3.63) is 29.3 Å². The lowest BCUT2D eigenvalue weighted by Crippen LogP contribution is -2.38. The van der Waals surface area contributed by atoms with Crippen LogP contribution in [0.15, 0.2) is 23.2 Å². The molecule has 2 atom stereocenters. The van der Waals surface area contributed by atoms with Crippen molar-refractivity contribution in [3.63, 3.8) is 0 Å². The molecule has 0 radical (unpaired) electrons. The maximum absolute atomic E-state index is 12.2. The Morgan fingerprint density at radius 2 is 2.08 bits per heavy atom. The fourth-order valence-electron chi connectivity index (χ4n) is 3.33. The van der Waals surface area contributed by atoms with Crippen molar-refractivity contribution in [3.8, 4) is 0 Å². The van der Waals surface area contributed by atoms with E-state index in [0.29, 0.717) is 11.6 Å². The number of hydrogen-bond acceptors (Lipinski definition) is 4. The third-order valence-corrected chi connectivity index (χ3v) is 8.08. The van der Waals surface area contributed by atoms with Gasteiger partial charge in [-0.3, -0.25) is 4.79 Å². The summed E-state index contributed by atoms with van der Waals surface area (Å²) in [6.07, 6.45) is 2.22. The average Bonchev–Trinajstić information content (AvgIpc) is 2.99. The standard InChI is InChI=1S/C18H24N2O3S2/c1-4-5-9-17(21)19-18-20(14-8-6-7-12(2)13(14)3)15-10-25(22,23)11-16(15)24-18/h6-8,15-16H,4-5,9-11H2,1-3H3/t15-,16-/m0/s1. The lowest BCUT2D eigenvalue weighted by atomic mass is 10.1. The second kappa shape index (κ2) is 7.11. The summed E-state index contributed by atoms with van der Waals surface area (Å²) < 4.78 is 24.2. The Kier molecular flexibility index (Phi) is 5.25. The molecule has 1 aromatic rings. The summed E-state index contributed by atoms with van der Waals surface area (Å²) in [6.45, 7) is 6.11. The van der Waals surface area contributed by atoms with Crippen molar-refractivity contribution in [2.75, 3.05) is 16.4 Å². The number of anilines is 1. The predicted molar refractivity (Wildman–Crippen MR) is 104 cm³/mol. The Balaban J connectivity index is 2.00. The first-order chi connectivity index (χ1) is 11.8. The fraction of sp³-hybridized carbons (Fsp3) is 0.556. The van der Waals surface area contributed by atoms with Gasteiger partial charge in [-0.15, -0.1) is 0 Å². The van der Waals surface area contributed by atoms with Crippen LogP contribution in [0, 0.1) is 13.8 Å². The van der Waals surface area contributed by atoms with Gasteiger partial charge in [0.1, 0.15) is 0 Å². The first-order valence-electron chi connectivity index (χ1n) is 8.66. The maximum atomic E-state index is 12.2. The largest absolute Gasteiger partial charge is 0.315 e. The molecule has 1 aromatic carbocycles. The van der Waals surface area contributed by atoms with Crippen molar-refractivity contribution in [2.24, 2.45) is 4.99 Å². The summed E-state index contributed by atoms with van der Waals surface area (Å²) >= 11 is 1.44. The average molecular weight is 381 g/mol. The smallest absolute Gasteiger partial charge is 0.248 e. The number of sulfone groups is 1. The van der Waals surface area contributed by atoms with Crippen LogP contribution in [0.1, 0.15) is 37.3 Å². The van der Waals surface area contributed by atoms with Gasteiger partial charge in [0, 0.05) is 17.4 Å². The molecule has 2 heterocycles. The third kappa shape index (κ3) is 3.77. The number of unbranched alkanes of at least 4 members (excludes halogenated alkanes) is 1. The molecule has 3 rings (SSSR count). The number of nitrogens with zero attached hydrogens (tertiary/aromatic N) is 2. The number of hydrogen-bond donors (Lipinski definition) is 0. The van der Waals surface area contributed by atoms with E-state index in [1.54, 1.807) is 0 Å². The number of fused-ring (bicyclic) bond motifs is 1. The van der Waals surface area contributed by atoms with E-state index in [4.69, 9.17) is 0 Å². The van der Waals surface area contributed by atoms with Crippen LogP contribution in [0.4, 0.5) is 5.69 Å². The van der Waals surface area contributed by atoms with Gasteiger partial charge >= 0.3 is 0 Å². The second-order valence-corrected chi connectivity index (χ2v) is 10.1. The van der Waals surface area contributed by atoms with Gasteiger partial charge in [0.2, 0.25) is 5.91 Å². The summed E-state index contributed by atoms with van der Waals surface area (Å²) in [7, 11) is -3.04. The molecule has 2 aliphatic heterocycles. The van der Waals surface area contributed by atoms with Gasteiger partial charge in [0.15, 0.2) is 15.0 Å². The number of rotatable bonds is 4. The second-order valence-electron chi connectivity index (χ2n) is 6.78. The number of carbonyl (C=O) groups is 1. The molecule has 0 spiro atoms. The van der Waals surface area contributed by atoms with Crippen LogP contribution in [-0.4, -0.2) is 42.3 Å². The van der Waals surface area contributed by atoms with Gasteiger partial charge in [-0.05, 0) is 37.5 Å². The van der Waals surface area contributed by atoms with Gasteiger partial charge in [-0.25, -0.2) is 8.42 Å². The number of amides is 1. The molecule has 0 N–H and O–H groups in total. The van der Waals surface area contributed by atoms with Crippen LogP contribution in [0.2, 0.25) is 0 Å². The quantitative estimate of drug-likeness (QED) is 0.803. The number of carbonyl (C=O) groups excluding carboxylic acids is 1. The molecule has 2 fully saturated rings. The molecule has 2 aliphatic rings. The van der Waals surface area contributed by atoms with Crippen molar-refractivity contribution in [2.45, 2.75) is 51.3 Å². The summed E-state index contributed by atoms with van der Waals surface area (Å²) in [6, 6.07) is 5.85. The van der Waals surface area contributed by atoms with Crippen LogP contribution in [0.25, 0.3) is 0 Å². The number of aryl methyl sites for hydroxylation is 1.